The van der Waals surface area contributed by atoms with Crippen molar-refractivity contribution in [3.05, 3.63) is 52.7 Å². The predicted molar refractivity (Wildman–Crippen MR) is 109 cm³/mol. The van der Waals surface area contributed by atoms with Crippen LogP contribution >= 0.6 is 34.4 Å². The van der Waals surface area contributed by atoms with Gasteiger partial charge in [-0.25, -0.2) is 13.1 Å². The molecule has 0 saturated carbocycles. The molecule has 1 aromatic carbocycles. The molecule has 0 aliphatic heterocycles. The van der Waals surface area contributed by atoms with Gasteiger partial charge in [-0.3, -0.25) is 4.79 Å². The average molecular weight is 441 g/mol. The number of anilines is 1. The van der Waals surface area contributed by atoms with Crippen molar-refractivity contribution < 1.29 is 13.2 Å². The van der Waals surface area contributed by atoms with Crippen molar-refractivity contribution in [2.45, 2.75) is 21.4 Å². The topological polar surface area (TPSA) is 101 Å². The number of hydrogen-bond acceptors (Lipinski definition) is 8. The summed E-state index contributed by atoms with van der Waals surface area (Å²) in [6.07, 6.45) is 0.00329. The number of thiophene rings is 1. The highest BCUT2D eigenvalue weighted by atomic mass is 32.2. The second-order valence-electron chi connectivity index (χ2n) is 5.25. The summed E-state index contributed by atoms with van der Waals surface area (Å²) in [5.74, 6) is 0.485. The lowest BCUT2D eigenvalue weighted by atomic mass is 10.4. The minimum atomic E-state index is -3.61. The van der Waals surface area contributed by atoms with E-state index in [0.29, 0.717) is 5.13 Å². The van der Waals surface area contributed by atoms with Crippen LogP contribution in [0.15, 0.2) is 57.1 Å². The molecule has 0 aliphatic rings. The Morgan fingerprint density at radius 1 is 1.11 bits per heavy atom. The van der Waals surface area contributed by atoms with Gasteiger partial charge in [0.15, 0.2) is 4.34 Å². The van der Waals surface area contributed by atoms with Crippen LogP contribution in [0.4, 0.5) is 5.13 Å². The van der Waals surface area contributed by atoms with Crippen molar-refractivity contribution in [3.8, 4) is 0 Å². The zero-order valence-electron chi connectivity index (χ0n) is 14.0. The monoisotopic (exact) mass is 440 g/mol. The number of amides is 1. The lowest BCUT2D eigenvalue weighted by molar-refractivity contribution is -0.116. The molecule has 11 heteroatoms. The number of aromatic nitrogens is 2. The normalized spacial score (nSPS) is 11.4. The van der Waals surface area contributed by atoms with Gasteiger partial charge in [0.25, 0.3) is 0 Å². The van der Waals surface area contributed by atoms with E-state index in [1.807, 2.05) is 11.4 Å². The maximum atomic E-state index is 12.1. The Hall–Kier alpha value is -1.79. The van der Waals surface area contributed by atoms with Crippen LogP contribution in [0, 0.1) is 0 Å². The number of rotatable bonds is 9. The molecule has 0 aliphatic carbocycles. The Morgan fingerprint density at radius 2 is 1.93 bits per heavy atom. The zero-order valence-corrected chi connectivity index (χ0v) is 17.3. The Labute approximate surface area is 169 Å². The Bertz CT molecular complexity index is 972. The number of nitrogens with one attached hydrogen (secondary N) is 2. The van der Waals surface area contributed by atoms with Gasteiger partial charge < -0.3 is 5.32 Å². The van der Waals surface area contributed by atoms with Crippen LogP contribution < -0.4 is 10.0 Å². The van der Waals surface area contributed by atoms with Crippen LogP contribution in [0.5, 0.6) is 0 Å². The molecular weight excluding hydrogens is 424 g/mol. The first kappa shape index (κ1) is 20.0. The third-order valence-corrected chi connectivity index (χ3v) is 7.83. The number of sulfonamides is 1. The maximum Gasteiger partial charge on any atom is 0.240 e. The molecule has 2 N–H and O–H groups in total. The second-order valence-corrected chi connectivity index (χ2v) is 10.2. The molecule has 0 atom stereocenters. The minimum absolute atomic E-state index is 0.00184. The zero-order chi connectivity index (χ0) is 19.1. The van der Waals surface area contributed by atoms with E-state index in [-0.39, 0.29) is 23.8 Å². The summed E-state index contributed by atoms with van der Waals surface area (Å²) in [6, 6.07) is 12.1. The van der Waals surface area contributed by atoms with Gasteiger partial charge in [0.05, 0.1) is 4.90 Å². The Balaban J connectivity index is 1.43. The molecule has 142 valence electrons. The molecule has 1 amide bonds. The summed E-state index contributed by atoms with van der Waals surface area (Å²) in [6.45, 7) is 0.00184. The number of benzene rings is 1. The standard InChI is InChI=1S/C16H16N4O3S4/c21-14(8-9-17-27(22,23)13-6-2-1-3-7-13)18-15-19-20-16(26-15)25-11-12-5-4-10-24-12/h1-7,10,17H,8-9,11H2,(H,18,19,21). The molecule has 3 rings (SSSR count). The van der Waals surface area contributed by atoms with Crippen molar-refractivity contribution in [2.75, 3.05) is 11.9 Å². The van der Waals surface area contributed by atoms with E-state index >= 15 is 0 Å². The highest BCUT2D eigenvalue weighted by Crippen LogP contribution is 2.29. The van der Waals surface area contributed by atoms with Gasteiger partial charge in [0.2, 0.25) is 21.1 Å². The smallest absolute Gasteiger partial charge is 0.240 e. The molecule has 0 unspecified atom stereocenters. The molecule has 0 fully saturated rings. The number of hydrogen-bond donors (Lipinski definition) is 2. The predicted octanol–water partition coefficient (Wildman–Crippen LogP) is 3.20. The molecule has 0 saturated heterocycles. The molecule has 2 aromatic heterocycles. The van der Waals surface area contributed by atoms with E-state index in [9.17, 15) is 13.2 Å². The van der Waals surface area contributed by atoms with Crippen LogP contribution in [0.3, 0.4) is 0 Å². The summed E-state index contributed by atoms with van der Waals surface area (Å²) in [4.78, 5) is 13.4. The molecule has 0 bridgehead atoms. The summed E-state index contributed by atoms with van der Waals surface area (Å²) in [7, 11) is -3.61. The van der Waals surface area contributed by atoms with Crippen molar-refractivity contribution in [3.63, 3.8) is 0 Å². The number of thioether (sulfide) groups is 1. The summed E-state index contributed by atoms with van der Waals surface area (Å²) >= 11 is 4.53. The Morgan fingerprint density at radius 3 is 2.67 bits per heavy atom. The van der Waals surface area contributed by atoms with Gasteiger partial charge in [-0.1, -0.05) is 47.4 Å². The molecule has 27 heavy (non-hydrogen) atoms. The van der Waals surface area contributed by atoms with Crippen molar-refractivity contribution in [1.29, 1.82) is 0 Å². The van der Waals surface area contributed by atoms with E-state index in [4.69, 9.17) is 0 Å². The lowest BCUT2D eigenvalue weighted by Crippen LogP contribution is -2.27. The third-order valence-electron chi connectivity index (χ3n) is 3.27. The van der Waals surface area contributed by atoms with Gasteiger partial charge in [-0.2, -0.15) is 0 Å². The minimum Gasteiger partial charge on any atom is -0.300 e. The SMILES string of the molecule is O=C(CCNS(=O)(=O)c1ccccc1)Nc1nnc(SCc2cccs2)s1. The van der Waals surface area contributed by atoms with Crippen LogP contribution in [-0.2, 0) is 20.6 Å². The molecule has 2 heterocycles. The third kappa shape index (κ3) is 6.11. The van der Waals surface area contributed by atoms with Gasteiger partial charge in [-0.05, 0) is 23.6 Å². The Kier molecular flexibility index (Phi) is 6.96. The van der Waals surface area contributed by atoms with Crippen molar-refractivity contribution in [1.82, 2.24) is 14.9 Å². The van der Waals surface area contributed by atoms with Crippen LogP contribution in [0.1, 0.15) is 11.3 Å². The fourth-order valence-electron chi connectivity index (χ4n) is 2.01. The first-order chi connectivity index (χ1) is 13.0. The van der Waals surface area contributed by atoms with Crippen LogP contribution in [0.25, 0.3) is 0 Å². The second kappa shape index (κ2) is 9.42. The fraction of sp³-hybridized carbons (Fsp3) is 0.188. The highest BCUT2D eigenvalue weighted by Gasteiger charge is 2.14. The van der Waals surface area contributed by atoms with E-state index in [0.717, 1.165) is 10.1 Å². The molecule has 0 radical (unpaired) electrons. The van der Waals surface area contributed by atoms with Gasteiger partial charge in [-0.15, -0.1) is 21.5 Å². The van der Waals surface area contributed by atoms with Gasteiger partial charge in [0, 0.05) is 23.6 Å². The first-order valence-electron chi connectivity index (χ1n) is 7.86. The van der Waals surface area contributed by atoms with E-state index in [1.54, 1.807) is 41.3 Å². The molecule has 7 nitrogen and oxygen atoms in total. The largest absolute Gasteiger partial charge is 0.300 e. The van der Waals surface area contributed by atoms with Crippen molar-refractivity contribution in [2.24, 2.45) is 0 Å². The average Bonchev–Trinajstić information content (AvgIpc) is 3.32. The maximum absolute atomic E-state index is 12.1. The number of carbonyl (C=O) groups excluding carboxylic acids is 1. The number of carbonyl (C=O) groups is 1. The molecule has 0 spiro atoms. The van der Waals surface area contributed by atoms with Crippen LogP contribution in [-0.4, -0.2) is 31.1 Å². The first-order valence-corrected chi connectivity index (χ1v) is 12.0. The summed E-state index contributed by atoms with van der Waals surface area (Å²) < 4.78 is 27.3. The van der Waals surface area contributed by atoms with Gasteiger partial charge >= 0.3 is 0 Å². The van der Waals surface area contributed by atoms with E-state index in [1.165, 1.54) is 28.3 Å². The molecular formula is C16H16N4O3S4. The van der Waals surface area contributed by atoms with Crippen molar-refractivity contribution >= 4 is 55.5 Å². The summed E-state index contributed by atoms with van der Waals surface area (Å²) in [5.41, 5.74) is 0. The quantitative estimate of drug-likeness (QED) is 0.391. The van der Waals surface area contributed by atoms with Crippen LogP contribution in [0.2, 0.25) is 0 Å². The van der Waals surface area contributed by atoms with Gasteiger partial charge in [0.1, 0.15) is 0 Å². The lowest BCUT2D eigenvalue weighted by Gasteiger charge is -2.06. The highest BCUT2D eigenvalue weighted by molar-refractivity contribution is 8.00. The van der Waals surface area contributed by atoms with E-state index in [2.05, 4.69) is 26.3 Å². The van der Waals surface area contributed by atoms with E-state index < -0.39 is 10.0 Å². The molecule has 3 aromatic rings. The number of nitrogens with zero attached hydrogens (tertiary/aromatic N) is 2. The summed E-state index contributed by atoms with van der Waals surface area (Å²) in [5, 5.41) is 13.0. The fourth-order valence-corrected chi connectivity index (χ4v) is 5.60.